The molecule has 0 bridgehead atoms. The summed E-state index contributed by atoms with van der Waals surface area (Å²) in [5, 5.41) is 11.5. The maximum Gasteiger partial charge on any atom is 0.182 e. The maximum absolute atomic E-state index is 11.7. The first-order valence-corrected chi connectivity index (χ1v) is 5.48. The van der Waals surface area contributed by atoms with Crippen LogP contribution in [0.3, 0.4) is 0 Å². The van der Waals surface area contributed by atoms with Gasteiger partial charge in [-0.3, -0.25) is 4.79 Å². The van der Waals surface area contributed by atoms with Gasteiger partial charge in [0.2, 0.25) is 0 Å². The number of carbonyl (C=O) groups excluding carboxylic acids is 1. The van der Waals surface area contributed by atoms with Crippen molar-refractivity contribution in [3.63, 3.8) is 0 Å². The second-order valence-corrected chi connectivity index (χ2v) is 4.27. The number of tetrazole rings is 1. The van der Waals surface area contributed by atoms with Gasteiger partial charge in [0.05, 0.1) is 13.5 Å². The largest absolute Gasteiger partial charge is 0.299 e. The van der Waals surface area contributed by atoms with Crippen molar-refractivity contribution >= 4 is 5.78 Å². The topological polar surface area (TPSA) is 60.7 Å². The SMILES string of the molecule is Cn1nnc(CC(=O)CC2CCCC2)n1. The van der Waals surface area contributed by atoms with Crippen molar-refractivity contribution in [1.29, 1.82) is 0 Å². The van der Waals surface area contributed by atoms with Crippen LogP contribution in [0.2, 0.25) is 0 Å². The minimum absolute atomic E-state index is 0.245. The molecule has 5 heteroatoms. The molecule has 0 spiro atoms. The van der Waals surface area contributed by atoms with E-state index in [1.807, 2.05) is 0 Å². The number of hydrogen-bond donors (Lipinski definition) is 0. The minimum Gasteiger partial charge on any atom is -0.299 e. The van der Waals surface area contributed by atoms with Crippen molar-refractivity contribution < 1.29 is 4.79 Å². The molecule has 15 heavy (non-hydrogen) atoms. The van der Waals surface area contributed by atoms with Crippen LogP contribution in [-0.2, 0) is 18.3 Å². The maximum atomic E-state index is 11.7. The van der Waals surface area contributed by atoms with Crippen molar-refractivity contribution in [2.45, 2.75) is 38.5 Å². The highest BCUT2D eigenvalue weighted by Gasteiger charge is 2.19. The van der Waals surface area contributed by atoms with Crippen LogP contribution in [0.25, 0.3) is 0 Å². The van der Waals surface area contributed by atoms with Gasteiger partial charge in [0, 0.05) is 6.42 Å². The molecule has 2 rings (SSSR count). The van der Waals surface area contributed by atoms with Gasteiger partial charge < -0.3 is 0 Å². The van der Waals surface area contributed by atoms with Crippen molar-refractivity contribution in [3.8, 4) is 0 Å². The zero-order valence-electron chi connectivity index (χ0n) is 9.02. The monoisotopic (exact) mass is 208 g/mol. The fourth-order valence-electron chi connectivity index (χ4n) is 2.18. The molecular weight excluding hydrogens is 192 g/mol. The summed E-state index contributed by atoms with van der Waals surface area (Å²) in [6, 6.07) is 0. The number of nitrogens with zero attached hydrogens (tertiary/aromatic N) is 4. The number of aromatic nitrogens is 4. The summed E-state index contributed by atoms with van der Waals surface area (Å²) in [6.07, 6.45) is 6.00. The summed E-state index contributed by atoms with van der Waals surface area (Å²) in [4.78, 5) is 13.0. The van der Waals surface area contributed by atoms with Crippen LogP contribution in [0, 0.1) is 5.92 Å². The molecule has 1 aliphatic rings. The lowest BCUT2D eigenvalue weighted by Crippen LogP contribution is -2.09. The molecule has 0 saturated heterocycles. The minimum atomic E-state index is 0.245. The van der Waals surface area contributed by atoms with Gasteiger partial charge >= 0.3 is 0 Å². The molecular formula is C10H16N4O. The smallest absolute Gasteiger partial charge is 0.182 e. The average molecular weight is 208 g/mol. The van der Waals surface area contributed by atoms with E-state index in [1.165, 1.54) is 30.5 Å². The Labute approximate surface area is 88.9 Å². The molecule has 5 nitrogen and oxygen atoms in total. The molecule has 0 unspecified atom stereocenters. The zero-order valence-corrected chi connectivity index (χ0v) is 9.02. The summed E-state index contributed by atoms with van der Waals surface area (Å²) in [5.41, 5.74) is 0. The van der Waals surface area contributed by atoms with E-state index in [-0.39, 0.29) is 5.78 Å². The first-order chi connectivity index (χ1) is 7.24. The molecule has 1 aromatic rings. The lowest BCUT2D eigenvalue weighted by molar-refractivity contribution is -0.119. The van der Waals surface area contributed by atoms with Crippen molar-refractivity contribution in [1.82, 2.24) is 20.2 Å². The van der Waals surface area contributed by atoms with Crippen LogP contribution in [0.5, 0.6) is 0 Å². The van der Waals surface area contributed by atoms with E-state index in [9.17, 15) is 4.79 Å². The summed E-state index contributed by atoms with van der Waals surface area (Å²) >= 11 is 0. The Morgan fingerprint density at radius 3 is 2.80 bits per heavy atom. The zero-order chi connectivity index (χ0) is 10.7. The Hall–Kier alpha value is -1.26. The fourth-order valence-corrected chi connectivity index (χ4v) is 2.18. The van der Waals surface area contributed by atoms with Gasteiger partial charge in [-0.25, -0.2) is 0 Å². The molecule has 1 saturated carbocycles. The highest BCUT2D eigenvalue weighted by molar-refractivity contribution is 5.80. The third kappa shape index (κ3) is 2.84. The normalized spacial score (nSPS) is 17.1. The highest BCUT2D eigenvalue weighted by Crippen LogP contribution is 2.27. The predicted molar refractivity (Wildman–Crippen MR) is 54.1 cm³/mol. The van der Waals surface area contributed by atoms with Crippen LogP contribution in [0.1, 0.15) is 37.9 Å². The Bertz CT molecular complexity index is 341. The van der Waals surface area contributed by atoms with Crippen molar-refractivity contribution in [2.75, 3.05) is 0 Å². The standard InChI is InChI=1S/C10H16N4O/c1-14-12-10(11-13-14)7-9(15)6-8-4-2-3-5-8/h8H,2-7H2,1H3. The lowest BCUT2D eigenvalue weighted by atomic mass is 9.99. The van der Waals surface area contributed by atoms with E-state index in [2.05, 4.69) is 15.4 Å². The van der Waals surface area contributed by atoms with E-state index in [0.717, 1.165) is 0 Å². The summed E-state index contributed by atoms with van der Waals surface area (Å²) in [6.45, 7) is 0. The van der Waals surface area contributed by atoms with E-state index >= 15 is 0 Å². The molecule has 1 aromatic heterocycles. The van der Waals surface area contributed by atoms with E-state index in [0.29, 0.717) is 24.6 Å². The van der Waals surface area contributed by atoms with E-state index < -0.39 is 0 Å². The van der Waals surface area contributed by atoms with Gasteiger partial charge in [-0.15, -0.1) is 10.2 Å². The molecule has 1 fully saturated rings. The molecule has 0 aromatic carbocycles. The molecule has 82 valence electrons. The molecule has 0 radical (unpaired) electrons. The molecule has 0 atom stereocenters. The summed E-state index contributed by atoms with van der Waals surface area (Å²) < 4.78 is 0. The van der Waals surface area contributed by atoms with Crippen LogP contribution in [-0.4, -0.2) is 26.0 Å². The number of ketones is 1. The second kappa shape index (κ2) is 4.51. The first-order valence-electron chi connectivity index (χ1n) is 5.48. The molecule has 1 heterocycles. The number of aryl methyl sites for hydroxylation is 1. The summed E-state index contributed by atoms with van der Waals surface area (Å²) in [5.74, 6) is 1.39. The Morgan fingerprint density at radius 1 is 1.47 bits per heavy atom. The van der Waals surface area contributed by atoms with E-state index in [1.54, 1.807) is 7.05 Å². The third-order valence-corrected chi connectivity index (χ3v) is 2.90. The van der Waals surface area contributed by atoms with Crippen molar-refractivity contribution in [2.24, 2.45) is 13.0 Å². The van der Waals surface area contributed by atoms with Gasteiger partial charge in [-0.05, 0) is 11.1 Å². The van der Waals surface area contributed by atoms with Gasteiger partial charge in [0.15, 0.2) is 5.82 Å². The highest BCUT2D eigenvalue weighted by atomic mass is 16.1. The van der Waals surface area contributed by atoms with Gasteiger partial charge in [0.1, 0.15) is 5.78 Å². The predicted octanol–water partition coefficient (Wildman–Crippen LogP) is 0.902. The molecule has 0 amide bonds. The average Bonchev–Trinajstić information content (AvgIpc) is 2.77. The Kier molecular flexibility index (Phi) is 3.08. The molecule has 0 aliphatic heterocycles. The van der Waals surface area contributed by atoms with Crippen LogP contribution >= 0.6 is 0 Å². The lowest BCUT2D eigenvalue weighted by Gasteiger charge is -2.05. The van der Waals surface area contributed by atoms with Crippen molar-refractivity contribution in [3.05, 3.63) is 5.82 Å². The number of rotatable bonds is 4. The van der Waals surface area contributed by atoms with Gasteiger partial charge in [-0.1, -0.05) is 25.7 Å². The molecule has 1 aliphatic carbocycles. The fraction of sp³-hybridized carbons (Fsp3) is 0.800. The number of carbonyl (C=O) groups is 1. The summed E-state index contributed by atoms with van der Waals surface area (Å²) in [7, 11) is 1.71. The quantitative estimate of drug-likeness (QED) is 0.737. The van der Waals surface area contributed by atoms with E-state index in [4.69, 9.17) is 0 Å². The van der Waals surface area contributed by atoms with Crippen LogP contribution < -0.4 is 0 Å². The number of Topliss-reactive ketones (excluding diaryl/α,β-unsaturated/α-hetero) is 1. The van der Waals surface area contributed by atoms with Crippen LogP contribution in [0.4, 0.5) is 0 Å². The second-order valence-electron chi connectivity index (χ2n) is 4.27. The van der Waals surface area contributed by atoms with Crippen LogP contribution in [0.15, 0.2) is 0 Å². The third-order valence-electron chi connectivity index (χ3n) is 2.90. The first kappa shape index (κ1) is 10.3. The van der Waals surface area contributed by atoms with Gasteiger partial charge in [-0.2, -0.15) is 4.80 Å². The Morgan fingerprint density at radius 2 is 2.20 bits per heavy atom. The number of hydrogen-bond acceptors (Lipinski definition) is 4. The van der Waals surface area contributed by atoms with Gasteiger partial charge in [0.25, 0.3) is 0 Å². The Balaban J connectivity index is 1.81. The molecule has 0 N–H and O–H groups in total.